The number of alkyl halides is 3. The first-order valence-corrected chi connectivity index (χ1v) is 16.3. The van der Waals surface area contributed by atoms with Crippen molar-refractivity contribution in [2.75, 3.05) is 10.8 Å². The summed E-state index contributed by atoms with van der Waals surface area (Å²) in [6.45, 7) is 0.690. The zero-order chi connectivity index (χ0) is 32.1. The van der Waals surface area contributed by atoms with E-state index in [0.717, 1.165) is 37.8 Å². The van der Waals surface area contributed by atoms with E-state index in [9.17, 15) is 31.2 Å². The van der Waals surface area contributed by atoms with Crippen molar-refractivity contribution in [1.29, 1.82) is 0 Å². The van der Waals surface area contributed by atoms with E-state index < -0.39 is 56.9 Å². The highest BCUT2D eigenvalue weighted by molar-refractivity contribution is 7.92. The summed E-state index contributed by atoms with van der Waals surface area (Å²) in [5.41, 5.74) is -1.16. The fourth-order valence-corrected chi connectivity index (χ4v) is 7.08. The van der Waals surface area contributed by atoms with Gasteiger partial charge in [0.1, 0.15) is 12.6 Å². The fourth-order valence-electron chi connectivity index (χ4n) is 5.23. The Morgan fingerprint density at radius 3 is 2.20 bits per heavy atom. The smallest absolute Gasteiger partial charge is 0.352 e. The maximum atomic E-state index is 14.2. The third-order valence-corrected chi connectivity index (χ3v) is 10.0. The number of amides is 2. The van der Waals surface area contributed by atoms with Gasteiger partial charge in [-0.05, 0) is 61.2 Å². The molecule has 1 saturated carbocycles. The van der Waals surface area contributed by atoms with Gasteiger partial charge in [-0.1, -0.05) is 79.4 Å². The van der Waals surface area contributed by atoms with Gasteiger partial charge in [-0.2, -0.15) is 13.2 Å². The predicted octanol–water partition coefficient (Wildman–Crippen LogP) is 7.07. The first kappa shape index (κ1) is 33.6. The van der Waals surface area contributed by atoms with Crippen LogP contribution < -0.4 is 9.62 Å². The number of anilines is 1. The number of halogens is 5. The van der Waals surface area contributed by atoms with E-state index in [1.807, 2.05) is 0 Å². The van der Waals surface area contributed by atoms with E-state index >= 15 is 0 Å². The van der Waals surface area contributed by atoms with Crippen LogP contribution in [0, 0.1) is 0 Å². The standard InChI is InChI=1S/C31H32Cl2F3N3O4S/c1-2-28(30(41)37-22-11-7-8-12-22)38(19-21-10-6-9-15-26(21)32)29(40)20-39(44(42,43)24-13-4-3-5-14-24)23-16-17-27(33)25(18-23)31(34,35)36/h3-6,9-10,13-18,22,28H,2,7-8,11-12,19-20H2,1H3,(H,37,41). The maximum absolute atomic E-state index is 14.2. The fraction of sp³-hybridized carbons (Fsp3) is 0.355. The summed E-state index contributed by atoms with van der Waals surface area (Å²) in [6.07, 6.45) is -1.14. The molecule has 0 radical (unpaired) electrons. The number of hydrogen-bond acceptors (Lipinski definition) is 4. The molecule has 2 amide bonds. The summed E-state index contributed by atoms with van der Waals surface area (Å²) in [7, 11) is -4.56. The molecule has 0 aliphatic heterocycles. The van der Waals surface area contributed by atoms with Crippen LogP contribution >= 0.6 is 23.2 Å². The highest BCUT2D eigenvalue weighted by Gasteiger charge is 2.37. The van der Waals surface area contributed by atoms with Crippen LogP contribution in [0.5, 0.6) is 0 Å². The molecule has 0 bridgehead atoms. The zero-order valence-electron chi connectivity index (χ0n) is 23.9. The van der Waals surface area contributed by atoms with Gasteiger partial charge in [-0.3, -0.25) is 13.9 Å². The van der Waals surface area contributed by atoms with Crippen LogP contribution in [0.25, 0.3) is 0 Å². The van der Waals surface area contributed by atoms with E-state index in [-0.39, 0.29) is 23.9 Å². The lowest BCUT2D eigenvalue weighted by atomic mass is 10.1. The third-order valence-electron chi connectivity index (χ3n) is 7.54. The lowest BCUT2D eigenvalue weighted by molar-refractivity contribution is -0.140. The molecule has 4 rings (SSSR count). The van der Waals surface area contributed by atoms with Gasteiger partial charge in [0, 0.05) is 17.6 Å². The molecule has 3 aromatic carbocycles. The Kier molecular flexibility index (Phi) is 10.9. The van der Waals surface area contributed by atoms with Crippen LogP contribution in [0.15, 0.2) is 77.7 Å². The highest BCUT2D eigenvalue weighted by Crippen LogP contribution is 2.38. The molecule has 1 aliphatic carbocycles. The number of hydrogen-bond donors (Lipinski definition) is 1. The molecule has 1 N–H and O–H groups in total. The lowest BCUT2D eigenvalue weighted by Crippen LogP contribution is -2.53. The van der Waals surface area contributed by atoms with Gasteiger partial charge in [-0.25, -0.2) is 8.42 Å². The van der Waals surface area contributed by atoms with Crippen molar-refractivity contribution in [3.63, 3.8) is 0 Å². The average Bonchev–Trinajstić information content (AvgIpc) is 3.50. The second-order valence-corrected chi connectivity index (χ2v) is 13.2. The van der Waals surface area contributed by atoms with Crippen molar-refractivity contribution in [2.24, 2.45) is 0 Å². The Morgan fingerprint density at radius 2 is 1.59 bits per heavy atom. The first-order chi connectivity index (χ1) is 20.8. The molecular formula is C31H32Cl2F3N3O4S. The first-order valence-electron chi connectivity index (χ1n) is 14.1. The molecule has 1 atom stereocenters. The number of nitrogens with zero attached hydrogens (tertiary/aromatic N) is 2. The molecule has 0 aromatic heterocycles. The molecule has 0 saturated heterocycles. The molecule has 1 aliphatic rings. The summed E-state index contributed by atoms with van der Waals surface area (Å²) < 4.78 is 69.8. The molecule has 0 heterocycles. The molecule has 13 heteroatoms. The van der Waals surface area contributed by atoms with E-state index in [0.29, 0.717) is 21.0 Å². The van der Waals surface area contributed by atoms with Gasteiger partial charge in [0.05, 0.1) is 21.2 Å². The van der Waals surface area contributed by atoms with E-state index in [2.05, 4.69) is 5.32 Å². The second kappa shape index (κ2) is 14.2. The average molecular weight is 671 g/mol. The van der Waals surface area contributed by atoms with Crippen molar-refractivity contribution in [3.8, 4) is 0 Å². The minimum Gasteiger partial charge on any atom is -0.352 e. The molecule has 0 spiro atoms. The monoisotopic (exact) mass is 669 g/mol. The van der Waals surface area contributed by atoms with E-state index in [4.69, 9.17) is 23.2 Å². The summed E-state index contributed by atoms with van der Waals surface area (Å²) in [4.78, 5) is 28.7. The summed E-state index contributed by atoms with van der Waals surface area (Å²) in [5.74, 6) is -1.20. The maximum Gasteiger partial charge on any atom is 0.417 e. The van der Waals surface area contributed by atoms with Crippen molar-refractivity contribution in [3.05, 3.63) is 94.0 Å². The summed E-state index contributed by atoms with van der Waals surface area (Å²) >= 11 is 12.2. The summed E-state index contributed by atoms with van der Waals surface area (Å²) in [6, 6.07) is 15.4. The molecule has 1 fully saturated rings. The number of carbonyl (C=O) groups excluding carboxylic acids is 2. The summed E-state index contributed by atoms with van der Waals surface area (Å²) in [5, 5.41) is 2.71. The van der Waals surface area contributed by atoms with Gasteiger partial charge in [-0.15, -0.1) is 0 Å². The second-order valence-electron chi connectivity index (χ2n) is 10.5. The van der Waals surface area contributed by atoms with Gasteiger partial charge < -0.3 is 10.2 Å². The van der Waals surface area contributed by atoms with Gasteiger partial charge >= 0.3 is 6.18 Å². The molecule has 7 nitrogen and oxygen atoms in total. The molecule has 3 aromatic rings. The van der Waals surface area contributed by atoms with Gasteiger partial charge in [0.15, 0.2) is 0 Å². The molecular weight excluding hydrogens is 638 g/mol. The van der Waals surface area contributed by atoms with Crippen molar-refractivity contribution >= 4 is 50.7 Å². The van der Waals surface area contributed by atoms with Crippen LogP contribution in [-0.2, 0) is 32.3 Å². The molecule has 44 heavy (non-hydrogen) atoms. The van der Waals surface area contributed by atoms with Crippen LogP contribution in [0.1, 0.15) is 50.2 Å². The molecule has 1 unspecified atom stereocenters. The molecule has 236 valence electrons. The van der Waals surface area contributed by atoms with Crippen LogP contribution in [0.2, 0.25) is 10.0 Å². The van der Waals surface area contributed by atoms with Crippen molar-refractivity contribution < 1.29 is 31.2 Å². The largest absolute Gasteiger partial charge is 0.417 e. The van der Waals surface area contributed by atoms with E-state index in [1.54, 1.807) is 37.3 Å². The highest BCUT2D eigenvalue weighted by atomic mass is 35.5. The van der Waals surface area contributed by atoms with E-state index in [1.165, 1.54) is 29.2 Å². The predicted molar refractivity (Wildman–Crippen MR) is 164 cm³/mol. The minimum atomic E-state index is -4.89. The van der Waals surface area contributed by atoms with Crippen molar-refractivity contribution in [1.82, 2.24) is 10.2 Å². The Labute approximate surface area is 265 Å². The topological polar surface area (TPSA) is 86.8 Å². The zero-order valence-corrected chi connectivity index (χ0v) is 26.2. The Balaban J connectivity index is 1.78. The van der Waals surface area contributed by atoms with Gasteiger partial charge in [0.2, 0.25) is 11.8 Å². The Bertz CT molecular complexity index is 1580. The SMILES string of the molecule is CCC(C(=O)NC1CCCC1)N(Cc1ccccc1Cl)C(=O)CN(c1ccc(Cl)c(C(F)(F)F)c1)S(=O)(=O)c1ccccc1. The van der Waals surface area contributed by atoms with Crippen LogP contribution in [-0.4, -0.2) is 43.8 Å². The number of rotatable bonds is 11. The Hall–Kier alpha value is -3.28. The minimum absolute atomic E-state index is 0.0429. The van der Waals surface area contributed by atoms with Crippen molar-refractivity contribution in [2.45, 2.75) is 68.7 Å². The van der Waals surface area contributed by atoms with Crippen LogP contribution in [0.4, 0.5) is 18.9 Å². The number of benzene rings is 3. The lowest BCUT2D eigenvalue weighted by Gasteiger charge is -2.34. The number of nitrogens with one attached hydrogen (secondary N) is 1. The quantitative estimate of drug-likeness (QED) is 0.237. The number of sulfonamides is 1. The normalized spacial score (nSPS) is 14.7. The number of carbonyl (C=O) groups is 2. The third kappa shape index (κ3) is 7.86. The van der Waals surface area contributed by atoms with Gasteiger partial charge in [0.25, 0.3) is 10.0 Å². The Morgan fingerprint density at radius 1 is 0.955 bits per heavy atom. The van der Waals surface area contributed by atoms with Crippen LogP contribution in [0.3, 0.4) is 0 Å².